The second-order valence-corrected chi connectivity index (χ2v) is 8.37. The summed E-state index contributed by atoms with van der Waals surface area (Å²) in [5.74, 6) is 2.05. The summed E-state index contributed by atoms with van der Waals surface area (Å²) in [5, 5.41) is 3.33. The highest BCUT2D eigenvalue weighted by Gasteiger charge is 2.20. The molecule has 5 rings (SSSR count). The van der Waals surface area contributed by atoms with Crippen LogP contribution >= 0.6 is 0 Å². The highest BCUT2D eigenvalue weighted by Crippen LogP contribution is 2.29. The Bertz CT molecular complexity index is 1250. The zero-order valence-electron chi connectivity index (χ0n) is 19.1. The van der Waals surface area contributed by atoms with Gasteiger partial charge < -0.3 is 19.9 Å². The molecule has 0 bridgehead atoms. The van der Waals surface area contributed by atoms with E-state index in [1.165, 1.54) is 11.9 Å². The third-order valence-electron chi connectivity index (χ3n) is 6.25. The summed E-state index contributed by atoms with van der Waals surface area (Å²) in [6.45, 7) is 6.61. The molecule has 0 amide bonds. The van der Waals surface area contributed by atoms with E-state index in [2.05, 4.69) is 66.1 Å². The number of aromatic amines is 1. The monoisotopic (exact) mass is 444 g/mol. The number of hydrogen-bond donors (Lipinski definition) is 2. The summed E-state index contributed by atoms with van der Waals surface area (Å²) >= 11 is 0. The van der Waals surface area contributed by atoms with E-state index >= 15 is 0 Å². The van der Waals surface area contributed by atoms with Crippen LogP contribution in [-0.2, 0) is 0 Å². The molecule has 4 heterocycles. The largest absolute Gasteiger partial charge is 0.493 e. The molecule has 9 nitrogen and oxygen atoms in total. The van der Waals surface area contributed by atoms with E-state index < -0.39 is 0 Å². The van der Waals surface area contributed by atoms with Gasteiger partial charge in [0.1, 0.15) is 17.8 Å². The molecule has 33 heavy (non-hydrogen) atoms. The number of aromatic nitrogens is 5. The fraction of sp³-hybridized carbons (Fsp3) is 0.333. The van der Waals surface area contributed by atoms with Crippen molar-refractivity contribution in [3.05, 3.63) is 54.6 Å². The van der Waals surface area contributed by atoms with E-state index in [9.17, 15) is 0 Å². The van der Waals surface area contributed by atoms with Crippen LogP contribution in [0.1, 0.15) is 18.5 Å². The summed E-state index contributed by atoms with van der Waals surface area (Å²) in [6.07, 6.45) is 5.03. The van der Waals surface area contributed by atoms with Crippen LogP contribution in [0.5, 0.6) is 5.75 Å². The summed E-state index contributed by atoms with van der Waals surface area (Å²) in [4.78, 5) is 25.8. The van der Waals surface area contributed by atoms with Gasteiger partial charge in [0.25, 0.3) is 0 Å². The highest BCUT2D eigenvalue weighted by molar-refractivity contribution is 5.84. The first-order valence-corrected chi connectivity index (χ1v) is 11.1. The number of piperazine rings is 1. The smallest absolute Gasteiger partial charge is 0.206 e. The lowest BCUT2D eigenvalue weighted by Gasteiger charge is -2.36. The van der Waals surface area contributed by atoms with Crippen LogP contribution in [0.4, 0.5) is 11.8 Å². The summed E-state index contributed by atoms with van der Waals surface area (Å²) < 4.78 is 5.40. The van der Waals surface area contributed by atoms with Crippen LogP contribution in [0.25, 0.3) is 22.3 Å². The number of rotatable bonds is 6. The Hall–Kier alpha value is -3.56. The van der Waals surface area contributed by atoms with Crippen molar-refractivity contribution in [1.29, 1.82) is 0 Å². The van der Waals surface area contributed by atoms with Gasteiger partial charge in [0.05, 0.1) is 24.3 Å². The molecule has 1 fully saturated rings. The number of nitrogens with zero attached hydrogens (tertiary/aromatic N) is 6. The van der Waals surface area contributed by atoms with Gasteiger partial charge in [-0.2, -0.15) is 0 Å². The molecule has 3 aromatic heterocycles. The Labute approximate surface area is 192 Å². The summed E-state index contributed by atoms with van der Waals surface area (Å²) in [7, 11) is 3.79. The lowest BCUT2D eigenvalue weighted by atomic mass is 10.1. The molecule has 0 radical (unpaired) electrons. The molecule has 1 saturated heterocycles. The number of benzene rings is 1. The minimum Gasteiger partial charge on any atom is -0.493 e. The number of anilines is 2. The number of likely N-dealkylation sites (N-methyl/N-ethyl adjacent to an activating group) is 1. The van der Waals surface area contributed by atoms with Crippen molar-refractivity contribution >= 4 is 22.8 Å². The van der Waals surface area contributed by atoms with E-state index in [0.717, 1.165) is 54.3 Å². The van der Waals surface area contributed by atoms with Crippen molar-refractivity contribution in [1.82, 2.24) is 34.7 Å². The summed E-state index contributed by atoms with van der Waals surface area (Å²) in [6, 6.07) is 10.5. The Morgan fingerprint density at radius 2 is 1.94 bits per heavy atom. The van der Waals surface area contributed by atoms with Crippen LogP contribution in [-0.4, -0.2) is 75.1 Å². The fourth-order valence-corrected chi connectivity index (χ4v) is 4.22. The molecule has 0 aliphatic carbocycles. The van der Waals surface area contributed by atoms with E-state index in [1.54, 1.807) is 13.3 Å². The number of H-pyrrole nitrogens is 1. The maximum atomic E-state index is 5.40. The second-order valence-electron chi connectivity index (χ2n) is 8.37. The van der Waals surface area contributed by atoms with Gasteiger partial charge in [0.15, 0.2) is 5.75 Å². The molecule has 9 heteroatoms. The lowest BCUT2D eigenvalue weighted by Crippen LogP contribution is -2.45. The fourth-order valence-electron chi connectivity index (χ4n) is 4.22. The molecule has 1 aromatic carbocycles. The minimum absolute atomic E-state index is 0.336. The van der Waals surface area contributed by atoms with Gasteiger partial charge in [-0.1, -0.05) is 6.07 Å². The standard InChI is InChI=1S/C24H28N8O/c1-16(32-10-8-31(2)9-11-32)17-6-7-26-22(13-17)30-24-28-19-5-4-18(12-20(19)29-24)23-21(33-3)14-25-15-27-23/h4-7,12-16H,8-11H2,1-3H3,(H2,26,28,29,30). The minimum atomic E-state index is 0.336. The number of imidazole rings is 1. The maximum absolute atomic E-state index is 5.40. The average Bonchev–Trinajstić information content (AvgIpc) is 3.25. The molecule has 0 spiro atoms. The van der Waals surface area contributed by atoms with Crippen molar-refractivity contribution in [3.63, 3.8) is 0 Å². The number of ether oxygens (including phenoxy) is 1. The van der Waals surface area contributed by atoms with Crippen molar-refractivity contribution < 1.29 is 4.74 Å². The predicted octanol–water partition coefficient (Wildman–Crippen LogP) is 3.48. The zero-order chi connectivity index (χ0) is 22.8. The molecule has 170 valence electrons. The predicted molar refractivity (Wildman–Crippen MR) is 129 cm³/mol. The number of methoxy groups -OCH3 is 1. The topological polar surface area (TPSA) is 95.1 Å². The number of nitrogens with one attached hydrogen (secondary N) is 2. The van der Waals surface area contributed by atoms with Crippen LogP contribution in [0, 0.1) is 0 Å². The van der Waals surface area contributed by atoms with Gasteiger partial charge in [0, 0.05) is 44.0 Å². The van der Waals surface area contributed by atoms with Crippen LogP contribution in [0.15, 0.2) is 49.1 Å². The Balaban J connectivity index is 1.36. The third kappa shape index (κ3) is 4.50. The van der Waals surface area contributed by atoms with Crippen molar-refractivity contribution in [3.8, 4) is 17.0 Å². The van der Waals surface area contributed by atoms with Gasteiger partial charge in [-0.05, 0) is 43.8 Å². The number of hydrogen-bond acceptors (Lipinski definition) is 8. The van der Waals surface area contributed by atoms with E-state index in [4.69, 9.17) is 4.74 Å². The Kier molecular flexibility index (Phi) is 5.89. The van der Waals surface area contributed by atoms with Crippen molar-refractivity contribution in [2.24, 2.45) is 0 Å². The number of fused-ring (bicyclic) bond motifs is 1. The first-order chi connectivity index (χ1) is 16.1. The van der Waals surface area contributed by atoms with Crippen molar-refractivity contribution in [2.45, 2.75) is 13.0 Å². The van der Waals surface area contributed by atoms with Crippen molar-refractivity contribution in [2.75, 3.05) is 45.7 Å². The molecule has 1 aliphatic rings. The number of pyridine rings is 1. The SMILES string of the molecule is COc1cncnc1-c1ccc2nc(Nc3cc(C(C)N4CCN(C)CC4)ccn3)[nH]c2c1. The van der Waals surface area contributed by atoms with Gasteiger partial charge >= 0.3 is 0 Å². The second kappa shape index (κ2) is 9.13. The molecule has 1 unspecified atom stereocenters. The van der Waals surface area contributed by atoms with Gasteiger partial charge in [0.2, 0.25) is 5.95 Å². The summed E-state index contributed by atoms with van der Waals surface area (Å²) in [5.41, 5.74) is 4.67. The molecule has 1 aliphatic heterocycles. The van der Waals surface area contributed by atoms with Crippen LogP contribution in [0.2, 0.25) is 0 Å². The molecular formula is C24H28N8O. The van der Waals surface area contributed by atoms with Crippen LogP contribution < -0.4 is 10.1 Å². The van der Waals surface area contributed by atoms with Crippen LogP contribution in [0.3, 0.4) is 0 Å². The van der Waals surface area contributed by atoms with E-state index in [0.29, 0.717) is 17.7 Å². The zero-order valence-corrected chi connectivity index (χ0v) is 19.1. The maximum Gasteiger partial charge on any atom is 0.206 e. The highest BCUT2D eigenvalue weighted by atomic mass is 16.5. The first-order valence-electron chi connectivity index (χ1n) is 11.1. The molecule has 0 saturated carbocycles. The molecule has 2 N–H and O–H groups in total. The lowest BCUT2D eigenvalue weighted by molar-refractivity contribution is 0.119. The van der Waals surface area contributed by atoms with E-state index in [1.807, 2.05) is 24.4 Å². The molecular weight excluding hydrogens is 416 g/mol. The Morgan fingerprint density at radius 3 is 2.76 bits per heavy atom. The quantitative estimate of drug-likeness (QED) is 0.467. The van der Waals surface area contributed by atoms with Gasteiger partial charge in [-0.25, -0.2) is 19.9 Å². The third-order valence-corrected chi connectivity index (χ3v) is 6.25. The normalized spacial score (nSPS) is 16.1. The average molecular weight is 445 g/mol. The van der Waals surface area contributed by atoms with Gasteiger partial charge in [-0.3, -0.25) is 4.90 Å². The van der Waals surface area contributed by atoms with E-state index in [-0.39, 0.29) is 0 Å². The molecule has 1 atom stereocenters. The van der Waals surface area contributed by atoms with Gasteiger partial charge in [-0.15, -0.1) is 0 Å². The molecule has 4 aromatic rings. The first kappa shape index (κ1) is 21.3. The Morgan fingerprint density at radius 1 is 1.09 bits per heavy atom.